The van der Waals surface area contributed by atoms with Gasteiger partial charge in [-0.3, -0.25) is 9.59 Å². The number of hydrogen-bond acceptors (Lipinski definition) is 5. The summed E-state index contributed by atoms with van der Waals surface area (Å²) in [5, 5.41) is 23.4. The molecule has 0 radical (unpaired) electrons. The highest BCUT2D eigenvalue weighted by molar-refractivity contribution is 5.76. The van der Waals surface area contributed by atoms with Gasteiger partial charge in [0, 0.05) is 12.8 Å². The van der Waals surface area contributed by atoms with E-state index in [0.717, 1.165) is 64.2 Å². The van der Waals surface area contributed by atoms with E-state index in [2.05, 4.69) is 43.5 Å². The number of rotatable bonds is 58. The first-order valence-corrected chi connectivity index (χ1v) is 31.1. The highest BCUT2D eigenvalue weighted by Crippen LogP contribution is 2.18. The highest BCUT2D eigenvalue weighted by atomic mass is 16.5. The van der Waals surface area contributed by atoms with Crippen LogP contribution in [0, 0.1) is 0 Å². The molecule has 0 rings (SSSR count). The lowest BCUT2D eigenvalue weighted by Gasteiger charge is -2.22. The van der Waals surface area contributed by atoms with Gasteiger partial charge in [-0.25, -0.2) is 0 Å². The summed E-state index contributed by atoms with van der Waals surface area (Å²) in [5.74, 6) is -0.0799. The van der Waals surface area contributed by atoms with E-state index >= 15 is 0 Å². The molecule has 0 aromatic carbocycles. The van der Waals surface area contributed by atoms with Crippen molar-refractivity contribution in [3.05, 3.63) is 24.3 Å². The van der Waals surface area contributed by atoms with Crippen LogP contribution < -0.4 is 5.32 Å². The lowest BCUT2D eigenvalue weighted by molar-refractivity contribution is -0.143. The van der Waals surface area contributed by atoms with Crippen molar-refractivity contribution in [2.75, 3.05) is 13.2 Å². The quantitative estimate of drug-likeness (QED) is 0.0321. The minimum absolute atomic E-state index is 0.0252. The maximum Gasteiger partial charge on any atom is 0.305 e. The molecule has 0 aromatic heterocycles. The summed E-state index contributed by atoms with van der Waals surface area (Å²) in [6, 6.07) is -0.560. The van der Waals surface area contributed by atoms with Gasteiger partial charge >= 0.3 is 5.97 Å². The van der Waals surface area contributed by atoms with E-state index < -0.39 is 12.1 Å². The van der Waals surface area contributed by atoms with Crippen LogP contribution in [-0.4, -0.2) is 47.4 Å². The van der Waals surface area contributed by atoms with Crippen LogP contribution in [-0.2, 0) is 14.3 Å². The summed E-state index contributed by atoms with van der Waals surface area (Å²) in [6.45, 7) is 4.90. The number of esters is 1. The number of amides is 1. The molecule has 3 N–H and O–H groups in total. The summed E-state index contributed by atoms with van der Waals surface area (Å²) < 4.78 is 5.47. The summed E-state index contributed by atoms with van der Waals surface area (Å²) in [5.41, 5.74) is 0. The lowest BCUT2D eigenvalue weighted by Crippen LogP contribution is -2.45. The maximum absolute atomic E-state index is 12.5. The number of nitrogens with one attached hydrogen (secondary N) is 1. The molecule has 0 saturated carbocycles. The monoisotopic (exact) mass is 972 g/mol. The van der Waals surface area contributed by atoms with Crippen molar-refractivity contribution in [1.82, 2.24) is 5.32 Å². The average Bonchev–Trinajstić information content (AvgIpc) is 3.35. The Kier molecular flexibility index (Phi) is 57.5. The molecule has 408 valence electrons. The molecule has 1 amide bonds. The fourth-order valence-corrected chi connectivity index (χ4v) is 9.73. The van der Waals surface area contributed by atoms with Crippen LogP contribution >= 0.6 is 0 Å². The molecule has 0 aliphatic heterocycles. The van der Waals surface area contributed by atoms with Gasteiger partial charge in [0.05, 0.1) is 25.4 Å². The normalized spacial score (nSPS) is 12.7. The number of unbranched alkanes of at least 4 members (excludes halogenated alkanes) is 43. The predicted octanol–water partition coefficient (Wildman–Crippen LogP) is 19.4. The number of aliphatic hydroxyl groups is 2. The molecule has 0 heterocycles. The molecule has 69 heavy (non-hydrogen) atoms. The van der Waals surface area contributed by atoms with E-state index in [0.29, 0.717) is 25.9 Å². The van der Waals surface area contributed by atoms with Crippen LogP contribution in [0.3, 0.4) is 0 Å². The first-order chi connectivity index (χ1) is 34.0. The van der Waals surface area contributed by atoms with Crippen LogP contribution in [0.15, 0.2) is 24.3 Å². The molecular formula is C63H121NO5. The molecule has 0 saturated heterocycles. The Morgan fingerprint density at radius 3 is 1.13 bits per heavy atom. The second-order valence-electron chi connectivity index (χ2n) is 21.4. The zero-order valence-corrected chi connectivity index (χ0v) is 46.6. The smallest absolute Gasteiger partial charge is 0.305 e. The van der Waals surface area contributed by atoms with Crippen LogP contribution in [0.4, 0.5) is 0 Å². The summed E-state index contributed by atoms with van der Waals surface area (Å²) in [7, 11) is 0. The predicted molar refractivity (Wildman–Crippen MR) is 301 cm³/mol. The molecule has 0 bridgehead atoms. The van der Waals surface area contributed by atoms with Crippen LogP contribution in [0.25, 0.3) is 0 Å². The summed E-state index contributed by atoms with van der Waals surface area (Å²) in [6.07, 6.45) is 71.8. The van der Waals surface area contributed by atoms with Gasteiger partial charge in [0.15, 0.2) is 0 Å². The van der Waals surface area contributed by atoms with E-state index in [9.17, 15) is 19.8 Å². The number of ether oxygens (including phenoxy) is 1. The zero-order valence-electron chi connectivity index (χ0n) is 46.6. The van der Waals surface area contributed by atoms with Crippen molar-refractivity contribution in [3.8, 4) is 0 Å². The largest absolute Gasteiger partial charge is 0.466 e. The van der Waals surface area contributed by atoms with Crippen molar-refractivity contribution in [3.63, 3.8) is 0 Å². The van der Waals surface area contributed by atoms with Gasteiger partial charge in [-0.05, 0) is 57.8 Å². The van der Waals surface area contributed by atoms with Gasteiger partial charge in [-0.15, -0.1) is 0 Å². The number of carbonyl (C=O) groups excluding carboxylic acids is 2. The minimum Gasteiger partial charge on any atom is -0.466 e. The van der Waals surface area contributed by atoms with E-state index in [4.69, 9.17) is 4.74 Å². The third-order valence-electron chi connectivity index (χ3n) is 14.5. The molecule has 0 aliphatic rings. The minimum atomic E-state index is -0.681. The zero-order chi connectivity index (χ0) is 50.0. The third-order valence-corrected chi connectivity index (χ3v) is 14.5. The van der Waals surface area contributed by atoms with E-state index in [1.807, 2.05) is 0 Å². The van der Waals surface area contributed by atoms with E-state index in [-0.39, 0.29) is 18.5 Å². The third kappa shape index (κ3) is 55.5. The fourth-order valence-electron chi connectivity index (χ4n) is 9.73. The van der Waals surface area contributed by atoms with Gasteiger partial charge in [-0.2, -0.15) is 0 Å². The van der Waals surface area contributed by atoms with Gasteiger partial charge in [0.2, 0.25) is 5.91 Å². The molecule has 2 atom stereocenters. The molecular weight excluding hydrogens is 851 g/mol. The Bertz CT molecular complexity index is 1080. The van der Waals surface area contributed by atoms with Gasteiger partial charge in [0.1, 0.15) is 0 Å². The van der Waals surface area contributed by atoms with Crippen molar-refractivity contribution < 1.29 is 24.5 Å². The molecule has 0 aromatic rings. The Balaban J connectivity index is 3.45. The van der Waals surface area contributed by atoms with Gasteiger partial charge in [-0.1, -0.05) is 295 Å². The summed E-state index contributed by atoms with van der Waals surface area (Å²) >= 11 is 0. The lowest BCUT2D eigenvalue weighted by atomic mass is 10.0. The molecule has 0 aliphatic carbocycles. The Hall–Kier alpha value is -1.66. The molecule has 6 heteroatoms. The molecule has 0 spiro atoms. The number of allylic oxidation sites excluding steroid dienone is 4. The Labute approximate surface area is 431 Å². The Morgan fingerprint density at radius 2 is 0.725 bits per heavy atom. The first-order valence-electron chi connectivity index (χ1n) is 31.1. The van der Waals surface area contributed by atoms with Crippen molar-refractivity contribution in [2.24, 2.45) is 0 Å². The first kappa shape index (κ1) is 67.3. The van der Waals surface area contributed by atoms with Crippen LogP contribution in [0.5, 0.6) is 0 Å². The second kappa shape index (κ2) is 58.9. The van der Waals surface area contributed by atoms with Crippen LogP contribution in [0.2, 0.25) is 0 Å². The number of carbonyl (C=O) groups is 2. The van der Waals surface area contributed by atoms with Crippen molar-refractivity contribution in [2.45, 2.75) is 353 Å². The van der Waals surface area contributed by atoms with E-state index in [1.54, 1.807) is 0 Å². The standard InChI is InChI=1S/C63H121NO5/c1-3-5-7-9-11-13-15-17-19-21-22-23-24-25-26-27-28-30-31-33-35-39-43-47-51-55-61(66)60(59-65)64-62(67)56-52-48-44-40-37-38-42-46-50-54-58-69-63(68)57-53-49-45-41-36-34-32-29-20-18-16-14-12-10-8-6-4-2/h12,14,18,20,60-61,65-66H,3-11,13,15-17,19,21-59H2,1-2H3,(H,64,67)/b14-12-,20-18-. The number of hydrogen-bond donors (Lipinski definition) is 3. The number of aliphatic hydroxyl groups excluding tert-OH is 2. The van der Waals surface area contributed by atoms with Crippen molar-refractivity contribution in [1.29, 1.82) is 0 Å². The SMILES string of the molecule is CCCCC/C=C\C/C=C\CCCCCCCCCC(=O)OCCCCCCCCCCCCC(=O)NC(CO)C(O)CCCCCCCCCCCCCCCCCCCCCCCCCCC. The van der Waals surface area contributed by atoms with Gasteiger partial charge in [0.25, 0.3) is 0 Å². The Morgan fingerprint density at radius 1 is 0.406 bits per heavy atom. The molecule has 2 unspecified atom stereocenters. The van der Waals surface area contributed by atoms with Gasteiger partial charge < -0.3 is 20.3 Å². The molecule has 0 fully saturated rings. The average molecular weight is 973 g/mol. The highest BCUT2D eigenvalue weighted by Gasteiger charge is 2.20. The van der Waals surface area contributed by atoms with E-state index in [1.165, 1.54) is 244 Å². The van der Waals surface area contributed by atoms with Crippen molar-refractivity contribution >= 4 is 11.9 Å². The second-order valence-corrected chi connectivity index (χ2v) is 21.4. The molecule has 6 nitrogen and oxygen atoms in total. The fraction of sp³-hybridized carbons (Fsp3) is 0.905. The summed E-state index contributed by atoms with van der Waals surface area (Å²) in [4.78, 5) is 24.6. The van der Waals surface area contributed by atoms with Crippen LogP contribution in [0.1, 0.15) is 341 Å². The maximum atomic E-state index is 12.5. The topological polar surface area (TPSA) is 95.9 Å².